The van der Waals surface area contributed by atoms with Crippen LogP contribution >= 0.6 is 0 Å². The molecule has 180 valence electrons. The zero-order valence-electron chi connectivity index (χ0n) is 19.6. The number of rotatable bonds is 6. The summed E-state index contributed by atoms with van der Waals surface area (Å²) in [7, 11) is -4.35. The van der Waals surface area contributed by atoms with Gasteiger partial charge in [0.25, 0.3) is 0 Å². The number of nitrogens with one attached hydrogen (secondary N) is 1. The molecule has 0 spiro atoms. The SMILES string of the molecule is Cc1ccc(C)c(S(=O)(=O)N2CCC(C(=O)Nc3cc(S(=O)(=O)N(C)C)ccc3C)CC2)c1. The molecule has 1 N–H and O–H groups in total. The Kier molecular flexibility index (Phi) is 7.33. The number of hydrogen-bond acceptors (Lipinski definition) is 5. The molecule has 1 aliphatic heterocycles. The fourth-order valence-electron chi connectivity index (χ4n) is 3.82. The number of sulfonamides is 2. The van der Waals surface area contributed by atoms with Crippen LogP contribution in [0.5, 0.6) is 0 Å². The maximum Gasteiger partial charge on any atom is 0.243 e. The van der Waals surface area contributed by atoms with Crippen molar-refractivity contribution in [3.8, 4) is 0 Å². The van der Waals surface area contributed by atoms with E-state index in [1.807, 2.05) is 13.0 Å². The number of anilines is 1. The molecule has 0 unspecified atom stereocenters. The van der Waals surface area contributed by atoms with Crippen molar-refractivity contribution in [2.24, 2.45) is 5.92 Å². The van der Waals surface area contributed by atoms with E-state index in [-0.39, 0.29) is 29.8 Å². The molecular formula is C23H31N3O5S2. The summed E-state index contributed by atoms with van der Waals surface area (Å²) in [6.45, 7) is 5.93. The minimum absolute atomic E-state index is 0.0998. The summed E-state index contributed by atoms with van der Waals surface area (Å²) in [6, 6.07) is 9.99. The van der Waals surface area contributed by atoms with E-state index in [0.717, 1.165) is 15.4 Å². The summed E-state index contributed by atoms with van der Waals surface area (Å²) < 4.78 is 53.7. The van der Waals surface area contributed by atoms with Gasteiger partial charge in [0.1, 0.15) is 0 Å². The van der Waals surface area contributed by atoms with Crippen LogP contribution in [0, 0.1) is 26.7 Å². The molecule has 8 nitrogen and oxygen atoms in total. The van der Waals surface area contributed by atoms with E-state index >= 15 is 0 Å². The van der Waals surface area contributed by atoms with Crippen LogP contribution in [0.3, 0.4) is 0 Å². The molecule has 0 bridgehead atoms. The molecule has 1 fully saturated rings. The Morgan fingerprint density at radius 1 is 0.939 bits per heavy atom. The second-order valence-corrected chi connectivity index (χ2v) is 12.8. The number of carbonyl (C=O) groups excluding carboxylic acids is 1. The quantitative estimate of drug-likeness (QED) is 0.666. The van der Waals surface area contributed by atoms with Crippen molar-refractivity contribution in [2.75, 3.05) is 32.5 Å². The predicted octanol–water partition coefficient (Wildman–Crippen LogP) is 2.90. The van der Waals surface area contributed by atoms with E-state index in [9.17, 15) is 21.6 Å². The summed E-state index contributed by atoms with van der Waals surface area (Å²) in [5, 5.41) is 2.84. The third-order valence-electron chi connectivity index (χ3n) is 6.03. The smallest absolute Gasteiger partial charge is 0.243 e. The molecule has 1 aliphatic rings. The number of piperidine rings is 1. The first-order chi connectivity index (χ1) is 15.3. The van der Waals surface area contributed by atoms with Gasteiger partial charge in [-0.15, -0.1) is 0 Å². The van der Waals surface area contributed by atoms with E-state index in [0.29, 0.717) is 29.0 Å². The van der Waals surface area contributed by atoms with Crippen LogP contribution in [0.4, 0.5) is 5.69 Å². The van der Waals surface area contributed by atoms with Crippen LogP contribution in [0.2, 0.25) is 0 Å². The largest absolute Gasteiger partial charge is 0.326 e. The fraction of sp³-hybridized carbons (Fsp3) is 0.435. The molecule has 0 saturated carbocycles. The molecule has 2 aromatic carbocycles. The van der Waals surface area contributed by atoms with E-state index in [1.54, 1.807) is 32.0 Å². The standard InChI is InChI=1S/C23H31N3O5S2/c1-16-6-7-18(3)22(14-16)33(30,31)26-12-10-19(11-13-26)23(27)24-21-15-20(9-8-17(21)2)32(28,29)25(4)5/h6-9,14-15,19H,10-13H2,1-5H3,(H,24,27). The maximum absolute atomic E-state index is 13.1. The Balaban J connectivity index is 1.71. The summed E-state index contributed by atoms with van der Waals surface area (Å²) >= 11 is 0. The molecule has 2 aromatic rings. The highest BCUT2D eigenvalue weighted by Crippen LogP contribution is 2.28. The molecule has 3 rings (SSSR count). The summed E-state index contributed by atoms with van der Waals surface area (Å²) in [4.78, 5) is 13.3. The van der Waals surface area contributed by atoms with Gasteiger partial charge in [0, 0.05) is 38.8 Å². The molecule has 1 amide bonds. The highest BCUT2D eigenvalue weighted by atomic mass is 32.2. The minimum Gasteiger partial charge on any atom is -0.326 e. The molecule has 0 aliphatic carbocycles. The zero-order valence-corrected chi connectivity index (χ0v) is 21.3. The van der Waals surface area contributed by atoms with E-state index in [4.69, 9.17) is 0 Å². The van der Waals surface area contributed by atoms with Crippen LogP contribution in [0.1, 0.15) is 29.5 Å². The Morgan fingerprint density at radius 3 is 2.15 bits per heavy atom. The lowest BCUT2D eigenvalue weighted by Crippen LogP contribution is -2.41. The van der Waals surface area contributed by atoms with Gasteiger partial charge in [0.2, 0.25) is 26.0 Å². The minimum atomic E-state index is -3.63. The van der Waals surface area contributed by atoms with Gasteiger partial charge in [-0.3, -0.25) is 4.79 Å². The van der Waals surface area contributed by atoms with Crippen molar-refractivity contribution in [3.63, 3.8) is 0 Å². The lowest BCUT2D eigenvalue weighted by atomic mass is 9.97. The zero-order chi connectivity index (χ0) is 24.6. The molecule has 0 aromatic heterocycles. The number of amides is 1. The Morgan fingerprint density at radius 2 is 1.55 bits per heavy atom. The van der Waals surface area contributed by atoms with Crippen molar-refractivity contribution in [2.45, 2.75) is 43.4 Å². The van der Waals surface area contributed by atoms with Crippen LogP contribution in [0.15, 0.2) is 46.2 Å². The van der Waals surface area contributed by atoms with Crippen LogP contribution < -0.4 is 5.32 Å². The number of nitrogens with zero attached hydrogens (tertiary/aromatic N) is 2. The molecule has 33 heavy (non-hydrogen) atoms. The first-order valence-corrected chi connectivity index (χ1v) is 13.6. The topological polar surface area (TPSA) is 104 Å². The third kappa shape index (κ3) is 5.29. The molecule has 1 saturated heterocycles. The van der Waals surface area contributed by atoms with Crippen molar-refractivity contribution in [3.05, 3.63) is 53.1 Å². The van der Waals surface area contributed by atoms with Crippen LogP contribution in [-0.4, -0.2) is 58.5 Å². The van der Waals surface area contributed by atoms with E-state index < -0.39 is 20.0 Å². The normalized spacial score (nSPS) is 16.2. The molecule has 10 heteroatoms. The van der Waals surface area contributed by atoms with Gasteiger partial charge in [0.05, 0.1) is 9.79 Å². The lowest BCUT2D eigenvalue weighted by Gasteiger charge is -2.31. The highest BCUT2D eigenvalue weighted by molar-refractivity contribution is 7.89. The number of benzene rings is 2. The monoisotopic (exact) mass is 493 g/mol. The molecule has 1 heterocycles. The maximum atomic E-state index is 13.1. The Bertz CT molecular complexity index is 1260. The van der Waals surface area contributed by atoms with Gasteiger partial charge in [-0.05, 0) is 68.5 Å². The summed E-state index contributed by atoms with van der Waals surface area (Å²) in [5.41, 5.74) is 2.76. The first-order valence-electron chi connectivity index (χ1n) is 10.8. The molecule has 0 radical (unpaired) electrons. The van der Waals surface area contributed by atoms with Crippen molar-refractivity contribution >= 4 is 31.6 Å². The second kappa shape index (κ2) is 9.54. The number of hydrogen-bond donors (Lipinski definition) is 1. The van der Waals surface area contributed by atoms with E-state index in [2.05, 4.69) is 5.32 Å². The highest BCUT2D eigenvalue weighted by Gasteiger charge is 2.33. The van der Waals surface area contributed by atoms with Gasteiger partial charge < -0.3 is 5.32 Å². The van der Waals surface area contributed by atoms with Gasteiger partial charge in [-0.1, -0.05) is 18.2 Å². The van der Waals surface area contributed by atoms with Crippen molar-refractivity contribution < 1.29 is 21.6 Å². The lowest BCUT2D eigenvalue weighted by molar-refractivity contribution is -0.120. The van der Waals surface area contributed by atoms with Crippen molar-refractivity contribution in [1.82, 2.24) is 8.61 Å². The number of aryl methyl sites for hydroxylation is 3. The van der Waals surface area contributed by atoms with Gasteiger partial charge >= 0.3 is 0 Å². The first kappa shape index (κ1) is 25.4. The molecular weight excluding hydrogens is 462 g/mol. The second-order valence-electron chi connectivity index (χ2n) is 8.70. The van der Waals surface area contributed by atoms with Gasteiger partial charge in [0.15, 0.2) is 0 Å². The summed E-state index contributed by atoms with van der Waals surface area (Å²) in [5.74, 6) is -0.593. The Labute approximate surface area is 196 Å². The van der Waals surface area contributed by atoms with Gasteiger partial charge in [-0.25, -0.2) is 21.1 Å². The van der Waals surface area contributed by atoms with Crippen molar-refractivity contribution in [1.29, 1.82) is 0 Å². The Hall–Kier alpha value is -2.27. The predicted molar refractivity (Wildman–Crippen MR) is 128 cm³/mol. The number of carbonyl (C=O) groups is 1. The van der Waals surface area contributed by atoms with Crippen LogP contribution in [0.25, 0.3) is 0 Å². The average Bonchev–Trinajstić information content (AvgIpc) is 2.76. The summed E-state index contributed by atoms with van der Waals surface area (Å²) in [6.07, 6.45) is 0.787. The third-order valence-corrected chi connectivity index (χ3v) is 9.88. The fourth-order valence-corrected chi connectivity index (χ4v) is 6.53. The van der Waals surface area contributed by atoms with Crippen LogP contribution in [-0.2, 0) is 24.8 Å². The molecule has 0 atom stereocenters. The van der Waals surface area contributed by atoms with Gasteiger partial charge in [-0.2, -0.15) is 4.31 Å². The average molecular weight is 494 g/mol. The van der Waals surface area contributed by atoms with E-state index in [1.165, 1.54) is 30.5 Å².